The highest BCUT2D eigenvalue weighted by atomic mass is 16.3. The summed E-state index contributed by atoms with van der Waals surface area (Å²) in [6.07, 6.45) is 6.88. The average Bonchev–Trinajstić information content (AvgIpc) is 2.48. The van der Waals surface area contributed by atoms with E-state index in [0.29, 0.717) is 6.04 Å². The van der Waals surface area contributed by atoms with E-state index in [1.807, 2.05) is 18.5 Å². The molecule has 0 aromatic carbocycles. The fourth-order valence-electron chi connectivity index (χ4n) is 2.81. The van der Waals surface area contributed by atoms with Crippen LogP contribution in [0, 0.1) is 0 Å². The molecule has 1 aliphatic heterocycles. The molecule has 1 aromatic rings. The van der Waals surface area contributed by atoms with Crippen LogP contribution in [0.1, 0.15) is 25.8 Å². The summed E-state index contributed by atoms with van der Waals surface area (Å²) < 4.78 is 0. The zero-order valence-corrected chi connectivity index (χ0v) is 13.2. The second kappa shape index (κ2) is 8.27. The minimum absolute atomic E-state index is 0.261. The number of hydrogen-bond donors (Lipinski definition) is 1. The predicted octanol–water partition coefficient (Wildman–Crippen LogP) is 1.92. The van der Waals surface area contributed by atoms with Gasteiger partial charge in [0.05, 0.1) is 0 Å². The minimum atomic E-state index is 0.261. The second-order valence-electron chi connectivity index (χ2n) is 6.04. The highest BCUT2D eigenvalue weighted by Crippen LogP contribution is 2.15. The molecule has 0 spiro atoms. The monoisotopic (exact) mass is 289 g/mol. The summed E-state index contributed by atoms with van der Waals surface area (Å²) >= 11 is 0. The normalized spacial score (nSPS) is 20.4. The van der Waals surface area contributed by atoms with Gasteiger partial charge >= 0.3 is 0 Å². The largest absolute Gasteiger partial charge is 0.396 e. The molecule has 0 amide bonds. The molecule has 21 heavy (non-hydrogen) atoms. The lowest BCUT2D eigenvalue weighted by molar-refractivity contribution is 0.0636. The summed E-state index contributed by atoms with van der Waals surface area (Å²) in [6, 6.07) is 4.56. The summed E-state index contributed by atoms with van der Waals surface area (Å²) in [5.74, 6) is 0. The topological polar surface area (TPSA) is 39.6 Å². The van der Waals surface area contributed by atoms with Crippen molar-refractivity contribution in [2.45, 2.75) is 32.9 Å². The zero-order valence-electron chi connectivity index (χ0n) is 13.2. The Hall–Kier alpha value is -1.23. The highest BCUT2D eigenvalue weighted by molar-refractivity contribution is 5.08. The molecule has 1 fully saturated rings. The molecule has 0 radical (unpaired) electrons. The van der Waals surface area contributed by atoms with Crippen LogP contribution in [0.15, 0.2) is 36.2 Å². The van der Waals surface area contributed by atoms with Crippen LogP contribution in [-0.4, -0.2) is 58.7 Å². The molecule has 1 saturated heterocycles. The average molecular weight is 289 g/mol. The Bertz CT molecular complexity index is 443. The Morgan fingerprint density at radius 3 is 2.95 bits per heavy atom. The molecule has 1 atom stereocenters. The lowest BCUT2D eigenvalue weighted by Gasteiger charge is -2.41. The number of nitrogens with zero attached hydrogens (tertiary/aromatic N) is 3. The smallest absolute Gasteiger partial charge is 0.0446 e. The van der Waals surface area contributed by atoms with E-state index < -0.39 is 0 Å². The summed E-state index contributed by atoms with van der Waals surface area (Å²) in [7, 11) is 0. The molecule has 0 aliphatic carbocycles. The molecule has 116 valence electrons. The van der Waals surface area contributed by atoms with Crippen LogP contribution in [0.5, 0.6) is 0 Å². The Balaban J connectivity index is 1.92. The number of pyridine rings is 1. The SMILES string of the molecule is CC(C)=CCN1CCN(Cc2cccnc2)C[C@H]1CCO. The van der Waals surface area contributed by atoms with Crippen LogP contribution < -0.4 is 0 Å². The molecule has 4 heteroatoms. The molecule has 2 rings (SSSR count). The van der Waals surface area contributed by atoms with Gasteiger partial charge < -0.3 is 5.11 Å². The molecule has 4 nitrogen and oxygen atoms in total. The van der Waals surface area contributed by atoms with Crippen molar-refractivity contribution in [3.63, 3.8) is 0 Å². The van der Waals surface area contributed by atoms with E-state index >= 15 is 0 Å². The van der Waals surface area contributed by atoms with E-state index in [4.69, 9.17) is 0 Å². The maximum atomic E-state index is 9.32. The molecular formula is C17H27N3O. The van der Waals surface area contributed by atoms with E-state index in [-0.39, 0.29) is 6.61 Å². The van der Waals surface area contributed by atoms with Gasteiger partial charge in [0.25, 0.3) is 0 Å². The van der Waals surface area contributed by atoms with Crippen LogP contribution in [0.3, 0.4) is 0 Å². The third kappa shape index (κ3) is 5.23. The Kier molecular flexibility index (Phi) is 6.36. The molecule has 2 heterocycles. The number of rotatable bonds is 6. The molecule has 1 aliphatic rings. The highest BCUT2D eigenvalue weighted by Gasteiger charge is 2.25. The van der Waals surface area contributed by atoms with Crippen LogP contribution >= 0.6 is 0 Å². The maximum Gasteiger partial charge on any atom is 0.0446 e. The molecule has 0 saturated carbocycles. The number of aromatic nitrogens is 1. The fraction of sp³-hybridized carbons (Fsp3) is 0.588. The Morgan fingerprint density at radius 2 is 2.29 bits per heavy atom. The van der Waals surface area contributed by atoms with Crippen molar-refractivity contribution in [3.8, 4) is 0 Å². The quantitative estimate of drug-likeness (QED) is 0.812. The standard InChI is InChI=1S/C17H27N3O/c1-15(2)5-8-20-10-9-19(14-17(20)6-11-21)13-16-4-3-7-18-12-16/h3-5,7,12,17,21H,6,8-11,13-14H2,1-2H3/t17-/m1/s1. The number of aliphatic hydroxyl groups is 1. The van der Waals surface area contributed by atoms with Crippen LogP contribution in [-0.2, 0) is 6.54 Å². The van der Waals surface area contributed by atoms with E-state index in [1.165, 1.54) is 11.1 Å². The number of hydrogen-bond acceptors (Lipinski definition) is 4. The summed E-state index contributed by atoms with van der Waals surface area (Å²) in [6.45, 7) is 9.64. The van der Waals surface area contributed by atoms with Crippen LogP contribution in [0.4, 0.5) is 0 Å². The van der Waals surface area contributed by atoms with Crippen molar-refractivity contribution in [1.29, 1.82) is 0 Å². The van der Waals surface area contributed by atoms with Crippen LogP contribution in [0.2, 0.25) is 0 Å². The van der Waals surface area contributed by atoms with Gasteiger partial charge in [-0.25, -0.2) is 0 Å². The van der Waals surface area contributed by atoms with Crippen molar-refractivity contribution < 1.29 is 5.11 Å². The molecule has 0 bridgehead atoms. The van der Waals surface area contributed by atoms with E-state index in [1.54, 1.807) is 0 Å². The summed E-state index contributed by atoms with van der Waals surface area (Å²) in [5.41, 5.74) is 2.62. The molecular weight excluding hydrogens is 262 g/mol. The fourth-order valence-corrected chi connectivity index (χ4v) is 2.81. The molecule has 1 aromatic heterocycles. The van der Waals surface area contributed by atoms with Gasteiger partial charge in [-0.1, -0.05) is 17.7 Å². The lowest BCUT2D eigenvalue weighted by atomic mass is 10.1. The van der Waals surface area contributed by atoms with Crippen molar-refractivity contribution >= 4 is 0 Å². The van der Waals surface area contributed by atoms with Crippen LogP contribution in [0.25, 0.3) is 0 Å². The lowest BCUT2D eigenvalue weighted by Crippen LogP contribution is -2.53. The summed E-state index contributed by atoms with van der Waals surface area (Å²) in [4.78, 5) is 9.14. The third-order valence-corrected chi connectivity index (χ3v) is 4.01. The maximum absolute atomic E-state index is 9.32. The number of allylic oxidation sites excluding steroid dienone is 1. The minimum Gasteiger partial charge on any atom is -0.396 e. The molecule has 1 N–H and O–H groups in total. The van der Waals surface area contributed by atoms with Gasteiger partial charge in [0.2, 0.25) is 0 Å². The van der Waals surface area contributed by atoms with Crippen molar-refractivity contribution in [2.24, 2.45) is 0 Å². The van der Waals surface area contributed by atoms with Crippen molar-refractivity contribution in [2.75, 3.05) is 32.8 Å². The second-order valence-corrected chi connectivity index (χ2v) is 6.04. The third-order valence-electron chi connectivity index (χ3n) is 4.01. The van der Waals surface area contributed by atoms with E-state index in [0.717, 1.165) is 39.1 Å². The van der Waals surface area contributed by atoms with Crippen molar-refractivity contribution in [3.05, 3.63) is 41.7 Å². The van der Waals surface area contributed by atoms with Gasteiger partial charge in [-0.3, -0.25) is 14.8 Å². The molecule has 0 unspecified atom stereocenters. The van der Waals surface area contributed by atoms with Gasteiger partial charge in [-0.2, -0.15) is 0 Å². The first kappa shape index (κ1) is 16.1. The van der Waals surface area contributed by atoms with E-state index in [2.05, 4.69) is 40.8 Å². The predicted molar refractivity (Wildman–Crippen MR) is 86.0 cm³/mol. The Labute approximate surface area is 128 Å². The first-order valence-electron chi connectivity index (χ1n) is 7.78. The number of piperazine rings is 1. The number of aliphatic hydroxyl groups excluding tert-OH is 1. The van der Waals surface area contributed by atoms with Gasteiger partial charge in [0, 0.05) is 57.8 Å². The van der Waals surface area contributed by atoms with Gasteiger partial charge in [-0.15, -0.1) is 0 Å². The van der Waals surface area contributed by atoms with E-state index in [9.17, 15) is 5.11 Å². The van der Waals surface area contributed by atoms with Crippen molar-refractivity contribution in [1.82, 2.24) is 14.8 Å². The first-order chi connectivity index (χ1) is 10.2. The Morgan fingerprint density at radius 1 is 1.43 bits per heavy atom. The van der Waals surface area contributed by atoms with Gasteiger partial charge in [0.15, 0.2) is 0 Å². The summed E-state index contributed by atoms with van der Waals surface area (Å²) in [5, 5.41) is 9.32. The van der Waals surface area contributed by atoms with Gasteiger partial charge in [-0.05, 0) is 31.9 Å². The first-order valence-corrected chi connectivity index (χ1v) is 7.78. The zero-order chi connectivity index (χ0) is 15.1. The van der Waals surface area contributed by atoms with Gasteiger partial charge in [0.1, 0.15) is 0 Å².